The Labute approximate surface area is 210 Å². The molecule has 1 aliphatic heterocycles. The lowest BCUT2D eigenvalue weighted by Gasteiger charge is -2.26. The number of anilines is 1. The van der Waals surface area contributed by atoms with Crippen molar-refractivity contribution in [2.24, 2.45) is 5.10 Å². The van der Waals surface area contributed by atoms with Gasteiger partial charge < -0.3 is 9.64 Å². The number of carbonyl (C=O) groups excluding carboxylic acids is 1. The van der Waals surface area contributed by atoms with Gasteiger partial charge >= 0.3 is 0 Å². The minimum absolute atomic E-state index is 0.143. The van der Waals surface area contributed by atoms with Crippen LogP contribution in [-0.2, 0) is 9.53 Å². The zero-order chi connectivity index (χ0) is 23.2. The van der Waals surface area contributed by atoms with Crippen molar-refractivity contribution >= 4 is 56.3 Å². The van der Waals surface area contributed by atoms with Gasteiger partial charge in [-0.15, -0.1) is 11.8 Å². The maximum absolute atomic E-state index is 12.4. The molecule has 6 nitrogen and oxygen atoms in total. The molecule has 2 heterocycles. The molecule has 3 aromatic rings. The quantitative estimate of drug-likeness (QED) is 0.249. The average Bonchev–Trinajstić information content (AvgIpc) is 3.26. The van der Waals surface area contributed by atoms with Crippen LogP contribution >= 0.6 is 39.0 Å². The van der Waals surface area contributed by atoms with Crippen molar-refractivity contribution in [1.82, 2.24) is 10.4 Å². The Morgan fingerprint density at radius 2 is 2.00 bits per heavy atom. The molecule has 0 bridgehead atoms. The fourth-order valence-corrected chi connectivity index (χ4v) is 5.72. The fourth-order valence-electron chi connectivity index (χ4n) is 3.35. The van der Waals surface area contributed by atoms with Crippen LogP contribution in [0.25, 0.3) is 11.3 Å². The van der Waals surface area contributed by atoms with Crippen LogP contribution in [0.1, 0.15) is 16.0 Å². The van der Waals surface area contributed by atoms with E-state index in [-0.39, 0.29) is 5.91 Å². The summed E-state index contributed by atoms with van der Waals surface area (Å²) in [5.41, 5.74) is 6.85. The number of hydrazone groups is 1. The molecule has 1 N–H and O–H groups in total. The first-order chi connectivity index (χ1) is 16.0. The van der Waals surface area contributed by atoms with Gasteiger partial charge in [0, 0.05) is 28.0 Å². The summed E-state index contributed by atoms with van der Waals surface area (Å²) in [6.45, 7) is 7.14. The van der Waals surface area contributed by atoms with Crippen LogP contribution in [0.2, 0.25) is 0 Å². The number of morpholine rings is 1. The minimum atomic E-state index is -0.143. The predicted octanol–water partition coefficient (Wildman–Crippen LogP) is 5.27. The third-order valence-corrected chi connectivity index (χ3v) is 8.22. The molecular weight excluding hydrogens is 520 g/mol. The third kappa shape index (κ3) is 6.23. The number of halogens is 1. The Morgan fingerprint density at radius 1 is 1.24 bits per heavy atom. The summed E-state index contributed by atoms with van der Waals surface area (Å²) in [7, 11) is 0. The van der Waals surface area contributed by atoms with Crippen molar-refractivity contribution in [3.05, 3.63) is 62.9 Å². The van der Waals surface area contributed by atoms with Crippen molar-refractivity contribution in [1.29, 1.82) is 0 Å². The molecule has 9 heteroatoms. The molecule has 1 aliphatic rings. The molecule has 0 aliphatic carbocycles. The molecule has 4 rings (SSSR count). The van der Waals surface area contributed by atoms with E-state index in [9.17, 15) is 4.79 Å². The molecule has 0 atom stereocenters. The normalized spacial score (nSPS) is 14.1. The number of nitrogens with zero attached hydrogens (tertiary/aromatic N) is 3. The SMILES string of the molecule is Cc1cc(SCC(=O)N/N=C/c2sc(N3CCOCC3)nc2-c2ccccc2)c(C)cc1Br. The molecule has 1 aromatic heterocycles. The summed E-state index contributed by atoms with van der Waals surface area (Å²) in [6.07, 6.45) is 1.70. The summed E-state index contributed by atoms with van der Waals surface area (Å²) >= 11 is 6.63. The smallest absolute Gasteiger partial charge is 0.250 e. The molecule has 33 heavy (non-hydrogen) atoms. The average molecular weight is 546 g/mol. The first-order valence-electron chi connectivity index (χ1n) is 10.6. The first-order valence-corrected chi connectivity index (χ1v) is 13.2. The lowest BCUT2D eigenvalue weighted by molar-refractivity contribution is -0.118. The van der Waals surface area contributed by atoms with Crippen LogP contribution in [0, 0.1) is 13.8 Å². The second kappa shape index (κ2) is 11.3. The van der Waals surface area contributed by atoms with E-state index in [0.29, 0.717) is 19.0 Å². The monoisotopic (exact) mass is 544 g/mol. The van der Waals surface area contributed by atoms with Crippen LogP contribution in [-0.4, -0.2) is 49.2 Å². The number of amides is 1. The van der Waals surface area contributed by atoms with Gasteiger partial charge in [-0.1, -0.05) is 57.6 Å². The Hall–Kier alpha value is -2.20. The van der Waals surface area contributed by atoms with Gasteiger partial charge in [-0.2, -0.15) is 5.10 Å². The van der Waals surface area contributed by atoms with E-state index in [1.165, 1.54) is 11.8 Å². The number of aryl methyl sites for hydroxylation is 2. The zero-order valence-corrected chi connectivity index (χ0v) is 21.7. The van der Waals surface area contributed by atoms with Gasteiger partial charge in [-0.3, -0.25) is 4.79 Å². The van der Waals surface area contributed by atoms with Crippen molar-refractivity contribution in [2.75, 3.05) is 37.0 Å². The number of carbonyl (C=O) groups is 1. The van der Waals surface area contributed by atoms with Crippen LogP contribution < -0.4 is 10.3 Å². The summed E-state index contributed by atoms with van der Waals surface area (Å²) in [6, 6.07) is 14.2. The molecule has 1 saturated heterocycles. The number of hydrogen-bond donors (Lipinski definition) is 1. The van der Waals surface area contributed by atoms with E-state index in [0.717, 1.165) is 54.9 Å². The maximum atomic E-state index is 12.4. The maximum Gasteiger partial charge on any atom is 0.250 e. The topological polar surface area (TPSA) is 66.8 Å². The van der Waals surface area contributed by atoms with Crippen LogP contribution in [0.15, 0.2) is 56.9 Å². The Bertz CT molecular complexity index is 1140. The molecule has 172 valence electrons. The predicted molar refractivity (Wildman–Crippen MR) is 141 cm³/mol. The van der Waals surface area contributed by atoms with Crippen LogP contribution in [0.5, 0.6) is 0 Å². The van der Waals surface area contributed by atoms with Gasteiger partial charge in [-0.25, -0.2) is 10.4 Å². The zero-order valence-electron chi connectivity index (χ0n) is 18.5. The minimum Gasteiger partial charge on any atom is -0.378 e. The summed E-state index contributed by atoms with van der Waals surface area (Å²) in [5.74, 6) is 0.155. The molecule has 1 fully saturated rings. The van der Waals surface area contributed by atoms with E-state index < -0.39 is 0 Å². The molecule has 0 saturated carbocycles. The van der Waals surface area contributed by atoms with E-state index in [1.54, 1.807) is 17.6 Å². The van der Waals surface area contributed by atoms with Gasteiger partial charge in [-0.05, 0) is 37.1 Å². The number of ether oxygens (including phenoxy) is 1. The van der Waals surface area contributed by atoms with E-state index in [1.807, 2.05) is 44.2 Å². The van der Waals surface area contributed by atoms with Crippen molar-refractivity contribution in [3.63, 3.8) is 0 Å². The molecule has 0 unspecified atom stereocenters. The van der Waals surface area contributed by atoms with E-state index >= 15 is 0 Å². The third-order valence-electron chi connectivity index (χ3n) is 5.16. The fraction of sp³-hybridized carbons (Fsp3) is 0.292. The summed E-state index contributed by atoms with van der Waals surface area (Å²) < 4.78 is 6.54. The van der Waals surface area contributed by atoms with Gasteiger partial charge in [0.05, 0.1) is 35.8 Å². The molecular formula is C24H25BrN4O2S2. The standard InChI is InChI=1S/C24H25BrN4O2S2/c1-16-13-20(17(2)12-19(16)25)32-15-22(30)28-26-14-21-23(18-6-4-3-5-7-18)27-24(33-21)29-8-10-31-11-9-29/h3-7,12-14H,8-11,15H2,1-2H3,(H,28,30)/b26-14+. The number of aromatic nitrogens is 1. The highest BCUT2D eigenvalue weighted by molar-refractivity contribution is 9.10. The van der Waals surface area contributed by atoms with Gasteiger partial charge in [0.2, 0.25) is 5.91 Å². The van der Waals surface area contributed by atoms with Crippen molar-refractivity contribution in [2.45, 2.75) is 18.7 Å². The summed E-state index contributed by atoms with van der Waals surface area (Å²) in [4.78, 5) is 21.5. The second-order valence-corrected chi connectivity index (χ2v) is 10.5. The van der Waals surface area contributed by atoms with Crippen LogP contribution in [0.4, 0.5) is 5.13 Å². The van der Waals surface area contributed by atoms with Crippen molar-refractivity contribution in [3.8, 4) is 11.3 Å². The number of thioether (sulfide) groups is 1. The highest BCUT2D eigenvalue weighted by Crippen LogP contribution is 2.32. The highest BCUT2D eigenvalue weighted by Gasteiger charge is 2.19. The first kappa shape index (κ1) is 23.9. The molecule has 0 spiro atoms. The number of thiazole rings is 1. The summed E-state index contributed by atoms with van der Waals surface area (Å²) in [5, 5.41) is 5.18. The highest BCUT2D eigenvalue weighted by atomic mass is 79.9. The van der Waals surface area contributed by atoms with Gasteiger partial charge in [0.25, 0.3) is 0 Å². The van der Waals surface area contributed by atoms with Gasteiger partial charge in [0.15, 0.2) is 5.13 Å². The lowest BCUT2D eigenvalue weighted by Crippen LogP contribution is -2.36. The van der Waals surface area contributed by atoms with Crippen molar-refractivity contribution < 1.29 is 9.53 Å². The lowest BCUT2D eigenvalue weighted by atomic mass is 10.1. The van der Waals surface area contributed by atoms with E-state index in [4.69, 9.17) is 9.72 Å². The molecule has 2 aromatic carbocycles. The van der Waals surface area contributed by atoms with Gasteiger partial charge in [0.1, 0.15) is 0 Å². The second-order valence-electron chi connectivity index (χ2n) is 7.62. The number of benzene rings is 2. The van der Waals surface area contributed by atoms with E-state index in [2.05, 4.69) is 43.5 Å². The molecule has 1 amide bonds. The number of nitrogens with one attached hydrogen (secondary N) is 1. The Balaban J connectivity index is 1.44. The number of hydrogen-bond acceptors (Lipinski definition) is 7. The Kier molecular flexibility index (Phi) is 8.19. The largest absolute Gasteiger partial charge is 0.378 e. The Morgan fingerprint density at radius 3 is 2.76 bits per heavy atom. The molecule has 0 radical (unpaired) electrons. The van der Waals surface area contributed by atoms with Crippen LogP contribution in [0.3, 0.4) is 0 Å². The number of rotatable bonds is 7.